The molecular formula is C12H21N3O. The third-order valence-electron chi connectivity index (χ3n) is 2.82. The molecule has 0 aliphatic carbocycles. The van der Waals surface area contributed by atoms with Crippen LogP contribution >= 0.6 is 0 Å². The van der Waals surface area contributed by atoms with Crippen LogP contribution in [0, 0.1) is 18.3 Å². The number of hydrogen-bond acceptors (Lipinski definition) is 3. The molecule has 0 bridgehead atoms. The third kappa shape index (κ3) is 5.15. The molecule has 90 valence electrons. The van der Waals surface area contributed by atoms with Gasteiger partial charge < -0.3 is 10.2 Å². The maximum Gasteiger partial charge on any atom is 0.233 e. The highest BCUT2D eigenvalue weighted by molar-refractivity contribution is 5.77. The van der Waals surface area contributed by atoms with Gasteiger partial charge in [-0.05, 0) is 32.4 Å². The van der Waals surface area contributed by atoms with Gasteiger partial charge in [-0.15, -0.1) is 6.42 Å². The highest BCUT2D eigenvalue weighted by Gasteiger charge is 2.17. The van der Waals surface area contributed by atoms with Gasteiger partial charge in [0.25, 0.3) is 0 Å². The lowest BCUT2D eigenvalue weighted by Crippen LogP contribution is -2.41. The fourth-order valence-electron chi connectivity index (χ4n) is 2.01. The Kier molecular flexibility index (Phi) is 5.91. The lowest BCUT2D eigenvalue weighted by atomic mass is 9.98. The van der Waals surface area contributed by atoms with Crippen LogP contribution in [0.25, 0.3) is 0 Å². The molecule has 0 saturated carbocycles. The molecule has 1 amide bonds. The molecule has 0 aromatic heterocycles. The van der Waals surface area contributed by atoms with E-state index >= 15 is 0 Å². The predicted molar refractivity (Wildman–Crippen MR) is 64.9 cm³/mol. The molecule has 4 nitrogen and oxygen atoms in total. The predicted octanol–water partition coefficient (Wildman–Crippen LogP) is -0.333. The van der Waals surface area contributed by atoms with Crippen LogP contribution in [0.1, 0.15) is 12.8 Å². The monoisotopic (exact) mass is 223 g/mol. The number of nitrogens with zero attached hydrogens (tertiary/aromatic N) is 1. The number of carbonyl (C=O) groups excluding carboxylic acids is 1. The Labute approximate surface area is 97.8 Å². The van der Waals surface area contributed by atoms with Crippen molar-refractivity contribution in [1.29, 1.82) is 0 Å². The maximum absolute atomic E-state index is 11.4. The fraction of sp³-hybridized carbons (Fsp3) is 0.750. The molecule has 0 aromatic carbocycles. The molecule has 2 N–H and O–H groups in total. The summed E-state index contributed by atoms with van der Waals surface area (Å²) in [6.07, 6.45) is 7.51. The van der Waals surface area contributed by atoms with E-state index in [4.69, 9.17) is 6.42 Å². The van der Waals surface area contributed by atoms with Crippen LogP contribution < -0.4 is 10.6 Å². The van der Waals surface area contributed by atoms with Crippen molar-refractivity contribution in [3.05, 3.63) is 0 Å². The molecule has 1 saturated heterocycles. The Morgan fingerprint density at radius 2 is 2.44 bits per heavy atom. The quantitative estimate of drug-likeness (QED) is 0.495. The van der Waals surface area contributed by atoms with Gasteiger partial charge in [0.2, 0.25) is 5.91 Å². The molecule has 4 heteroatoms. The molecule has 1 fully saturated rings. The van der Waals surface area contributed by atoms with Crippen LogP contribution in [0.2, 0.25) is 0 Å². The van der Waals surface area contributed by atoms with Crippen LogP contribution in [0.5, 0.6) is 0 Å². The standard InChI is InChI=1S/C12H21N3O/c1-3-6-13-9-12(16)14-8-11-5-4-7-15(2)10-11/h1,11,13H,4-10H2,2H3,(H,14,16). The average molecular weight is 223 g/mol. The highest BCUT2D eigenvalue weighted by atomic mass is 16.1. The van der Waals surface area contributed by atoms with Crippen molar-refractivity contribution in [3.63, 3.8) is 0 Å². The number of hydrogen-bond donors (Lipinski definition) is 2. The van der Waals surface area contributed by atoms with Crippen LogP contribution in [0.4, 0.5) is 0 Å². The van der Waals surface area contributed by atoms with Crippen LogP contribution in [-0.2, 0) is 4.79 Å². The zero-order valence-corrected chi connectivity index (χ0v) is 9.96. The smallest absolute Gasteiger partial charge is 0.233 e. The molecule has 16 heavy (non-hydrogen) atoms. The van der Waals surface area contributed by atoms with E-state index in [1.165, 1.54) is 19.4 Å². The first-order valence-corrected chi connectivity index (χ1v) is 5.81. The number of amides is 1. The number of carbonyl (C=O) groups is 1. The van der Waals surface area contributed by atoms with E-state index in [0.29, 0.717) is 19.0 Å². The van der Waals surface area contributed by atoms with E-state index in [-0.39, 0.29) is 5.91 Å². The largest absolute Gasteiger partial charge is 0.355 e. The second-order valence-corrected chi connectivity index (χ2v) is 4.38. The second kappa shape index (κ2) is 7.26. The highest BCUT2D eigenvalue weighted by Crippen LogP contribution is 2.13. The van der Waals surface area contributed by atoms with Gasteiger partial charge in [-0.2, -0.15) is 0 Å². The van der Waals surface area contributed by atoms with Crippen LogP contribution in [0.3, 0.4) is 0 Å². The Balaban J connectivity index is 2.09. The number of nitrogens with one attached hydrogen (secondary N) is 2. The summed E-state index contributed by atoms with van der Waals surface area (Å²) in [5.41, 5.74) is 0. The van der Waals surface area contributed by atoms with E-state index in [2.05, 4.69) is 28.5 Å². The minimum Gasteiger partial charge on any atom is -0.355 e. The van der Waals surface area contributed by atoms with Crippen molar-refractivity contribution in [2.75, 3.05) is 39.8 Å². The van der Waals surface area contributed by atoms with E-state index < -0.39 is 0 Å². The normalized spacial score (nSPS) is 21.4. The SMILES string of the molecule is C#CCNCC(=O)NCC1CCCN(C)C1. The average Bonchev–Trinajstić information content (AvgIpc) is 2.27. The van der Waals surface area contributed by atoms with Gasteiger partial charge in [-0.3, -0.25) is 10.1 Å². The van der Waals surface area contributed by atoms with E-state index in [1.807, 2.05) is 0 Å². The number of rotatable bonds is 5. The summed E-state index contributed by atoms with van der Waals surface area (Å²) in [7, 11) is 2.13. The van der Waals surface area contributed by atoms with Crippen molar-refractivity contribution in [3.8, 4) is 12.3 Å². The first-order chi connectivity index (χ1) is 7.72. The maximum atomic E-state index is 11.4. The number of likely N-dealkylation sites (tertiary alicyclic amines) is 1. The topological polar surface area (TPSA) is 44.4 Å². The lowest BCUT2D eigenvalue weighted by Gasteiger charge is -2.29. The molecule has 1 aliphatic heterocycles. The minimum absolute atomic E-state index is 0.0310. The van der Waals surface area contributed by atoms with E-state index in [1.54, 1.807) is 0 Å². The Morgan fingerprint density at radius 1 is 1.62 bits per heavy atom. The third-order valence-corrected chi connectivity index (χ3v) is 2.82. The minimum atomic E-state index is 0.0310. The summed E-state index contributed by atoms with van der Waals surface area (Å²) in [5.74, 6) is 3.06. The van der Waals surface area contributed by atoms with Gasteiger partial charge in [-0.1, -0.05) is 5.92 Å². The molecule has 1 atom stereocenters. The van der Waals surface area contributed by atoms with Crippen LogP contribution in [-0.4, -0.2) is 50.6 Å². The number of terminal acetylenes is 1. The first kappa shape index (κ1) is 13.0. The van der Waals surface area contributed by atoms with Gasteiger partial charge in [0.1, 0.15) is 0 Å². The second-order valence-electron chi connectivity index (χ2n) is 4.38. The summed E-state index contributed by atoms with van der Waals surface area (Å²) < 4.78 is 0. The Hall–Kier alpha value is -1.05. The van der Waals surface area contributed by atoms with Crippen molar-refractivity contribution in [2.45, 2.75) is 12.8 Å². The van der Waals surface area contributed by atoms with E-state index in [0.717, 1.165) is 13.1 Å². The fourth-order valence-corrected chi connectivity index (χ4v) is 2.01. The first-order valence-electron chi connectivity index (χ1n) is 5.81. The van der Waals surface area contributed by atoms with E-state index in [9.17, 15) is 4.79 Å². The Morgan fingerprint density at radius 3 is 3.12 bits per heavy atom. The van der Waals surface area contributed by atoms with Gasteiger partial charge in [0.05, 0.1) is 13.1 Å². The molecule has 0 radical (unpaired) electrons. The zero-order chi connectivity index (χ0) is 11.8. The zero-order valence-electron chi connectivity index (χ0n) is 9.96. The molecule has 1 rings (SSSR count). The summed E-state index contributed by atoms with van der Waals surface area (Å²) in [5, 5.41) is 5.81. The summed E-state index contributed by atoms with van der Waals surface area (Å²) >= 11 is 0. The van der Waals surface area contributed by atoms with Crippen LogP contribution in [0.15, 0.2) is 0 Å². The summed E-state index contributed by atoms with van der Waals surface area (Å²) in [4.78, 5) is 13.7. The van der Waals surface area contributed by atoms with Gasteiger partial charge in [-0.25, -0.2) is 0 Å². The molecule has 0 spiro atoms. The Bertz CT molecular complexity index is 259. The lowest BCUT2D eigenvalue weighted by molar-refractivity contribution is -0.120. The van der Waals surface area contributed by atoms with Crippen molar-refractivity contribution >= 4 is 5.91 Å². The molecule has 1 heterocycles. The van der Waals surface area contributed by atoms with Gasteiger partial charge in [0, 0.05) is 13.1 Å². The van der Waals surface area contributed by atoms with Gasteiger partial charge >= 0.3 is 0 Å². The molecule has 1 unspecified atom stereocenters. The number of piperidine rings is 1. The molecule has 0 aromatic rings. The molecular weight excluding hydrogens is 202 g/mol. The van der Waals surface area contributed by atoms with Crippen molar-refractivity contribution < 1.29 is 4.79 Å². The van der Waals surface area contributed by atoms with Gasteiger partial charge in [0.15, 0.2) is 0 Å². The summed E-state index contributed by atoms with van der Waals surface area (Å²) in [6, 6.07) is 0. The van der Waals surface area contributed by atoms with Crippen molar-refractivity contribution in [2.24, 2.45) is 5.92 Å². The molecule has 1 aliphatic rings. The van der Waals surface area contributed by atoms with Crippen molar-refractivity contribution in [1.82, 2.24) is 15.5 Å². The summed E-state index contributed by atoms with van der Waals surface area (Å²) in [6.45, 7) is 3.79.